The van der Waals surface area contributed by atoms with E-state index in [4.69, 9.17) is 0 Å². The van der Waals surface area contributed by atoms with Crippen molar-refractivity contribution in [1.82, 2.24) is 20.4 Å². The average molecular weight is 329 g/mol. The highest BCUT2D eigenvalue weighted by Crippen LogP contribution is 2.24. The molecule has 124 valence electrons. The van der Waals surface area contributed by atoms with Crippen molar-refractivity contribution in [3.8, 4) is 0 Å². The third-order valence-corrected chi connectivity index (χ3v) is 4.64. The highest BCUT2D eigenvalue weighted by Gasteiger charge is 2.37. The fourth-order valence-electron chi connectivity index (χ4n) is 3.41. The van der Waals surface area contributed by atoms with Crippen LogP contribution in [-0.4, -0.2) is 58.4 Å². The quantitative estimate of drug-likeness (QED) is 0.755. The zero-order valence-electron chi connectivity index (χ0n) is 12.9. The third kappa shape index (κ3) is 3.80. The molecule has 22 heavy (non-hydrogen) atoms. The first kappa shape index (κ1) is 17.2. The summed E-state index contributed by atoms with van der Waals surface area (Å²) in [5.41, 5.74) is 1.99. The summed E-state index contributed by atoms with van der Waals surface area (Å²) in [5.74, 6) is 0.444. The molecule has 1 aromatic heterocycles. The fraction of sp³-hybridized carbons (Fsp3) is 0.733. The molecule has 1 amide bonds. The first-order valence-electron chi connectivity index (χ1n) is 7.82. The number of rotatable bonds is 3. The van der Waals surface area contributed by atoms with Crippen molar-refractivity contribution < 1.29 is 9.90 Å². The summed E-state index contributed by atoms with van der Waals surface area (Å²) in [6, 6.07) is 2.00. The van der Waals surface area contributed by atoms with E-state index in [1.54, 1.807) is 0 Å². The molecule has 3 N–H and O–H groups in total. The minimum Gasteiger partial charge on any atom is -0.391 e. The second-order valence-electron chi connectivity index (χ2n) is 6.34. The molecule has 6 nitrogen and oxygen atoms in total. The van der Waals surface area contributed by atoms with Crippen LogP contribution in [-0.2, 0) is 11.2 Å². The van der Waals surface area contributed by atoms with Gasteiger partial charge in [-0.1, -0.05) is 0 Å². The molecule has 2 atom stereocenters. The highest BCUT2D eigenvalue weighted by atomic mass is 35.5. The Labute approximate surface area is 137 Å². The molecule has 2 saturated heterocycles. The monoisotopic (exact) mass is 328 g/mol. The Hall–Kier alpha value is -1.11. The molecule has 1 aromatic rings. The van der Waals surface area contributed by atoms with Crippen LogP contribution in [0.5, 0.6) is 0 Å². The Morgan fingerprint density at radius 1 is 1.41 bits per heavy atom. The standard InChI is InChI=1S/C15H24N4O2.ClH/c1-10-6-13(18-17-10)7-12-8-19(9-14(12)20)15(21)11-2-4-16-5-3-11;/h6,11-12,14,16,20H,2-5,7-9H2,1H3,(H,17,18);1H/t12-,14-;/m1./s1. The zero-order valence-corrected chi connectivity index (χ0v) is 13.7. The van der Waals surface area contributed by atoms with Crippen LogP contribution in [0.2, 0.25) is 0 Å². The molecule has 0 unspecified atom stereocenters. The van der Waals surface area contributed by atoms with Crippen molar-refractivity contribution in [2.24, 2.45) is 11.8 Å². The largest absolute Gasteiger partial charge is 0.391 e. The molecular formula is C15H25ClN4O2. The van der Waals surface area contributed by atoms with E-state index >= 15 is 0 Å². The van der Waals surface area contributed by atoms with E-state index in [-0.39, 0.29) is 30.2 Å². The number of hydrogen-bond donors (Lipinski definition) is 3. The molecule has 0 bridgehead atoms. The first-order chi connectivity index (χ1) is 10.1. The molecule has 0 aromatic carbocycles. The van der Waals surface area contributed by atoms with Gasteiger partial charge < -0.3 is 15.3 Å². The summed E-state index contributed by atoms with van der Waals surface area (Å²) in [6.45, 7) is 4.92. The van der Waals surface area contributed by atoms with Crippen LogP contribution in [0.3, 0.4) is 0 Å². The van der Waals surface area contributed by atoms with Gasteiger partial charge in [0.25, 0.3) is 0 Å². The first-order valence-corrected chi connectivity index (χ1v) is 7.82. The molecule has 0 spiro atoms. The van der Waals surface area contributed by atoms with Gasteiger partial charge in [0.15, 0.2) is 0 Å². The number of aliphatic hydroxyl groups is 1. The number of β-amino-alcohol motifs (C(OH)–C–C–N with tert-alkyl or cyclic N) is 1. The predicted molar refractivity (Wildman–Crippen MR) is 85.9 cm³/mol. The summed E-state index contributed by atoms with van der Waals surface area (Å²) in [6.07, 6.45) is 2.11. The minimum atomic E-state index is -0.437. The Balaban J connectivity index is 0.00000176. The number of likely N-dealkylation sites (tertiary alicyclic amines) is 1. The summed E-state index contributed by atoms with van der Waals surface area (Å²) in [5, 5.41) is 20.7. The second kappa shape index (κ2) is 7.44. The number of halogens is 1. The van der Waals surface area contributed by atoms with E-state index in [0.29, 0.717) is 13.1 Å². The molecule has 0 saturated carbocycles. The van der Waals surface area contributed by atoms with Crippen LogP contribution in [0.25, 0.3) is 0 Å². The number of aryl methyl sites for hydroxylation is 1. The number of carbonyl (C=O) groups excluding carboxylic acids is 1. The molecule has 2 fully saturated rings. The minimum absolute atomic E-state index is 0. The molecule has 3 rings (SSSR count). The predicted octanol–water partition coefficient (Wildman–Crippen LogP) is 0.501. The van der Waals surface area contributed by atoms with E-state index in [9.17, 15) is 9.90 Å². The number of nitrogens with zero attached hydrogens (tertiary/aromatic N) is 2. The van der Waals surface area contributed by atoms with Crippen LogP contribution in [0.1, 0.15) is 24.2 Å². The molecular weight excluding hydrogens is 304 g/mol. The van der Waals surface area contributed by atoms with Gasteiger partial charge in [0, 0.05) is 30.6 Å². The Kier molecular flexibility index (Phi) is 5.83. The van der Waals surface area contributed by atoms with Crippen LogP contribution in [0, 0.1) is 18.8 Å². The molecule has 2 aliphatic rings. The summed E-state index contributed by atoms with van der Waals surface area (Å²) >= 11 is 0. The normalized spacial score (nSPS) is 26.0. The van der Waals surface area contributed by atoms with Crippen molar-refractivity contribution in [3.05, 3.63) is 17.5 Å². The molecule has 0 aliphatic carbocycles. The fourth-order valence-corrected chi connectivity index (χ4v) is 3.41. The highest BCUT2D eigenvalue weighted by molar-refractivity contribution is 5.85. The number of amides is 1. The molecule has 7 heteroatoms. The van der Waals surface area contributed by atoms with Crippen molar-refractivity contribution in [3.63, 3.8) is 0 Å². The van der Waals surface area contributed by atoms with Crippen LogP contribution in [0.4, 0.5) is 0 Å². The van der Waals surface area contributed by atoms with Crippen LogP contribution < -0.4 is 5.32 Å². The maximum absolute atomic E-state index is 12.5. The van der Waals surface area contributed by atoms with Gasteiger partial charge in [0.05, 0.1) is 11.8 Å². The van der Waals surface area contributed by atoms with E-state index in [2.05, 4.69) is 15.5 Å². The van der Waals surface area contributed by atoms with Crippen LogP contribution in [0.15, 0.2) is 6.07 Å². The Morgan fingerprint density at radius 2 is 2.14 bits per heavy atom. The maximum atomic E-state index is 12.5. The second-order valence-corrected chi connectivity index (χ2v) is 6.34. The SMILES string of the molecule is Cc1cc(C[C@@H]2CN(C(=O)C3CCNCC3)C[C@H]2O)n[nH]1.Cl. The smallest absolute Gasteiger partial charge is 0.225 e. The summed E-state index contributed by atoms with van der Waals surface area (Å²) in [7, 11) is 0. The number of carbonyl (C=O) groups is 1. The van der Waals surface area contributed by atoms with Gasteiger partial charge in [-0.3, -0.25) is 9.89 Å². The lowest BCUT2D eigenvalue weighted by Gasteiger charge is -2.26. The molecule has 2 aliphatic heterocycles. The van der Waals surface area contributed by atoms with Gasteiger partial charge in [-0.25, -0.2) is 0 Å². The number of hydrogen-bond acceptors (Lipinski definition) is 4. The Morgan fingerprint density at radius 3 is 2.77 bits per heavy atom. The number of aromatic amines is 1. The van der Waals surface area contributed by atoms with Gasteiger partial charge in [-0.05, 0) is 45.3 Å². The van der Waals surface area contributed by atoms with E-state index in [0.717, 1.165) is 43.7 Å². The number of nitrogens with one attached hydrogen (secondary N) is 2. The number of aliphatic hydroxyl groups excluding tert-OH is 1. The average Bonchev–Trinajstić information content (AvgIpc) is 3.06. The lowest BCUT2D eigenvalue weighted by Crippen LogP contribution is -2.40. The number of H-pyrrole nitrogens is 1. The van der Waals surface area contributed by atoms with Crippen molar-refractivity contribution in [2.45, 2.75) is 32.3 Å². The zero-order chi connectivity index (χ0) is 14.8. The van der Waals surface area contributed by atoms with Gasteiger partial charge in [0.2, 0.25) is 5.91 Å². The maximum Gasteiger partial charge on any atom is 0.225 e. The van der Waals surface area contributed by atoms with Crippen molar-refractivity contribution in [2.75, 3.05) is 26.2 Å². The summed E-state index contributed by atoms with van der Waals surface area (Å²) in [4.78, 5) is 14.4. The van der Waals surface area contributed by atoms with Crippen molar-refractivity contribution in [1.29, 1.82) is 0 Å². The van der Waals surface area contributed by atoms with Crippen molar-refractivity contribution >= 4 is 18.3 Å². The lowest BCUT2D eigenvalue weighted by atomic mass is 9.96. The molecule has 3 heterocycles. The van der Waals surface area contributed by atoms with Gasteiger partial charge >= 0.3 is 0 Å². The van der Waals surface area contributed by atoms with Gasteiger partial charge in [0.1, 0.15) is 0 Å². The molecule has 0 radical (unpaired) electrons. The summed E-state index contributed by atoms with van der Waals surface area (Å²) < 4.78 is 0. The van der Waals surface area contributed by atoms with E-state index in [1.807, 2.05) is 17.9 Å². The van der Waals surface area contributed by atoms with E-state index in [1.165, 1.54) is 0 Å². The topological polar surface area (TPSA) is 81.2 Å². The number of aromatic nitrogens is 2. The Bertz CT molecular complexity index is 501. The van der Waals surface area contributed by atoms with Gasteiger partial charge in [-0.15, -0.1) is 12.4 Å². The van der Waals surface area contributed by atoms with E-state index < -0.39 is 6.10 Å². The van der Waals surface area contributed by atoms with Crippen LogP contribution >= 0.6 is 12.4 Å². The third-order valence-electron chi connectivity index (χ3n) is 4.64. The lowest BCUT2D eigenvalue weighted by molar-refractivity contribution is -0.135. The number of piperidine rings is 1. The van der Waals surface area contributed by atoms with Gasteiger partial charge in [-0.2, -0.15) is 5.10 Å².